The molecule has 0 aliphatic carbocycles. The number of rotatable bonds is 37. The molecule has 0 radical (unpaired) electrons. The van der Waals surface area contributed by atoms with Crippen LogP contribution in [0.4, 0.5) is 0 Å². The van der Waals surface area contributed by atoms with E-state index in [1.807, 2.05) is 54.7 Å². The van der Waals surface area contributed by atoms with Gasteiger partial charge < -0.3 is 14.2 Å². The Balaban J connectivity index is 4.53. The van der Waals surface area contributed by atoms with Crippen molar-refractivity contribution in [2.45, 2.75) is 181 Å². The van der Waals surface area contributed by atoms with Gasteiger partial charge in [-0.15, -0.1) is 0 Å². The van der Waals surface area contributed by atoms with E-state index in [1.54, 1.807) is 6.08 Å². The van der Waals surface area contributed by atoms with Crippen LogP contribution in [0.1, 0.15) is 175 Å². The first kappa shape index (κ1) is 51.3. The van der Waals surface area contributed by atoms with Gasteiger partial charge in [-0.05, 0) is 51.4 Å². The zero-order valence-electron chi connectivity index (χ0n) is 35.1. The van der Waals surface area contributed by atoms with E-state index in [1.165, 1.54) is 64.2 Å². The van der Waals surface area contributed by atoms with Gasteiger partial charge in [-0.1, -0.05) is 201 Å². The molecule has 1 atom stereocenters. The van der Waals surface area contributed by atoms with Crippen molar-refractivity contribution in [3.8, 4) is 0 Å². The van der Waals surface area contributed by atoms with E-state index in [0.29, 0.717) is 12.8 Å². The van der Waals surface area contributed by atoms with E-state index in [2.05, 4.69) is 57.2 Å². The van der Waals surface area contributed by atoms with Crippen molar-refractivity contribution in [2.24, 2.45) is 0 Å². The molecular formula is C49H78O6. The molecular weight excluding hydrogens is 685 g/mol. The molecule has 0 saturated heterocycles. The minimum Gasteiger partial charge on any atom is -0.462 e. The Morgan fingerprint density at radius 2 is 0.855 bits per heavy atom. The first-order chi connectivity index (χ1) is 27.0. The van der Waals surface area contributed by atoms with Gasteiger partial charge in [0.05, 0.1) is 6.42 Å². The minimum atomic E-state index is -0.826. The molecule has 0 saturated carbocycles. The van der Waals surface area contributed by atoms with E-state index in [9.17, 15) is 14.4 Å². The van der Waals surface area contributed by atoms with Gasteiger partial charge in [0.2, 0.25) is 0 Å². The second kappa shape index (κ2) is 43.1. The Morgan fingerprint density at radius 3 is 1.42 bits per heavy atom. The third-order valence-corrected chi connectivity index (χ3v) is 8.74. The maximum Gasteiger partial charge on any atom is 0.309 e. The molecule has 0 aliphatic heterocycles. The van der Waals surface area contributed by atoms with Crippen LogP contribution in [0.2, 0.25) is 0 Å². The number of esters is 3. The van der Waals surface area contributed by atoms with Crippen molar-refractivity contribution in [1.82, 2.24) is 0 Å². The molecule has 0 aromatic carbocycles. The third-order valence-electron chi connectivity index (χ3n) is 8.74. The summed E-state index contributed by atoms with van der Waals surface area (Å²) >= 11 is 0. The van der Waals surface area contributed by atoms with Gasteiger partial charge in [-0.25, -0.2) is 0 Å². The lowest BCUT2D eigenvalue weighted by molar-refractivity contribution is -0.166. The summed E-state index contributed by atoms with van der Waals surface area (Å²) in [6.07, 6.45) is 55.6. The topological polar surface area (TPSA) is 78.9 Å². The summed E-state index contributed by atoms with van der Waals surface area (Å²) in [7, 11) is 0. The SMILES string of the molecule is CC\C=C/C=C\C=C/C=C\C=C/CCCCCC(=O)OCC(COC(=O)C/C=C\C/C=C\C/C=C\CC)OC(=O)CCCCCCCCCCCCCCC. The highest BCUT2D eigenvalue weighted by molar-refractivity contribution is 5.72. The van der Waals surface area contributed by atoms with Crippen LogP contribution in [0.15, 0.2) is 97.2 Å². The van der Waals surface area contributed by atoms with Crippen LogP contribution in [0.5, 0.6) is 0 Å². The van der Waals surface area contributed by atoms with Crippen molar-refractivity contribution < 1.29 is 28.6 Å². The average molecular weight is 763 g/mol. The molecule has 6 heteroatoms. The fourth-order valence-corrected chi connectivity index (χ4v) is 5.52. The quantitative estimate of drug-likeness (QED) is 0.0206. The molecule has 0 aromatic heterocycles. The molecule has 0 fully saturated rings. The summed E-state index contributed by atoms with van der Waals surface area (Å²) in [6.45, 7) is 6.21. The summed E-state index contributed by atoms with van der Waals surface area (Å²) < 4.78 is 16.5. The van der Waals surface area contributed by atoms with Crippen LogP contribution < -0.4 is 0 Å². The zero-order chi connectivity index (χ0) is 40.1. The van der Waals surface area contributed by atoms with Gasteiger partial charge in [0.25, 0.3) is 0 Å². The summed E-state index contributed by atoms with van der Waals surface area (Å²) in [5.41, 5.74) is 0. The lowest BCUT2D eigenvalue weighted by Crippen LogP contribution is -2.30. The number of hydrogen-bond acceptors (Lipinski definition) is 6. The highest BCUT2D eigenvalue weighted by Gasteiger charge is 2.19. The molecule has 0 amide bonds. The number of carbonyl (C=O) groups excluding carboxylic acids is 3. The van der Waals surface area contributed by atoms with Crippen LogP contribution >= 0.6 is 0 Å². The van der Waals surface area contributed by atoms with Crippen LogP contribution in [0.25, 0.3) is 0 Å². The fraction of sp³-hybridized carbons (Fsp3) is 0.612. The summed E-state index contributed by atoms with van der Waals surface area (Å²) in [6, 6.07) is 0. The van der Waals surface area contributed by atoms with E-state index in [4.69, 9.17) is 14.2 Å². The lowest BCUT2D eigenvalue weighted by Gasteiger charge is -2.18. The first-order valence-corrected chi connectivity index (χ1v) is 21.8. The Bertz CT molecular complexity index is 1150. The molecule has 0 aliphatic rings. The van der Waals surface area contributed by atoms with E-state index in [-0.39, 0.29) is 31.6 Å². The molecule has 0 bridgehead atoms. The Labute approximate surface area is 337 Å². The number of carbonyl (C=O) groups is 3. The van der Waals surface area contributed by atoms with Gasteiger partial charge in [-0.3, -0.25) is 14.4 Å². The van der Waals surface area contributed by atoms with Crippen LogP contribution in [0, 0.1) is 0 Å². The van der Waals surface area contributed by atoms with E-state index in [0.717, 1.165) is 70.6 Å². The van der Waals surface area contributed by atoms with Gasteiger partial charge >= 0.3 is 17.9 Å². The molecule has 0 heterocycles. The van der Waals surface area contributed by atoms with E-state index >= 15 is 0 Å². The molecule has 6 nitrogen and oxygen atoms in total. The Morgan fingerprint density at radius 1 is 0.418 bits per heavy atom. The number of allylic oxidation sites excluding steroid dienone is 15. The molecule has 55 heavy (non-hydrogen) atoms. The highest BCUT2D eigenvalue weighted by Crippen LogP contribution is 2.14. The normalized spacial score (nSPS) is 13.0. The van der Waals surface area contributed by atoms with Crippen molar-refractivity contribution in [3.05, 3.63) is 97.2 Å². The predicted octanol–water partition coefficient (Wildman–Crippen LogP) is 13.9. The Hall–Kier alpha value is -3.67. The monoisotopic (exact) mass is 763 g/mol. The summed E-state index contributed by atoms with van der Waals surface area (Å²) in [4.78, 5) is 37.6. The molecule has 0 N–H and O–H groups in total. The third kappa shape index (κ3) is 41.3. The van der Waals surface area contributed by atoms with Gasteiger partial charge in [0.1, 0.15) is 13.2 Å². The highest BCUT2D eigenvalue weighted by atomic mass is 16.6. The number of unbranched alkanes of at least 4 members (excludes halogenated alkanes) is 15. The first-order valence-electron chi connectivity index (χ1n) is 21.8. The van der Waals surface area contributed by atoms with Crippen LogP contribution in [-0.2, 0) is 28.6 Å². The van der Waals surface area contributed by atoms with E-state index < -0.39 is 12.1 Å². The molecule has 310 valence electrons. The predicted molar refractivity (Wildman–Crippen MR) is 233 cm³/mol. The molecule has 0 spiro atoms. The zero-order valence-corrected chi connectivity index (χ0v) is 35.1. The van der Waals surface area contributed by atoms with Gasteiger partial charge in [-0.2, -0.15) is 0 Å². The smallest absolute Gasteiger partial charge is 0.309 e. The largest absolute Gasteiger partial charge is 0.462 e. The van der Waals surface area contributed by atoms with Gasteiger partial charge in [0, 0.05) is 12.8 Å². The maximum absolute atomic E-state index is 12.7. The van der Waals surface area contributed by atoms with Gasteiger partial charge in [0.15, 0.2) is 6.10 Å². The average Bonchev–Trinajstić information content (AvgIpc) is 3.18. The number of ether oxygens (including phenoxy) is 3. The van der Waals surface area contributed by atoms with Crippen LogP contribution in [-0.4, -0.2) is 37.2 Å². The fourth-order valence-electron chi connectivity index (χ4n) is 5.52. The lowest BCUT2D eigenvalue weighted by atomic mass is 10.0. The summed E-state index contributed by atoms with van der Waals surface area (Å²) in [5, 5.41) is 0. The van der Waals surface area contributed by atoms with Crippen LogP contribution in [0.3, 0.4) is 0 Å². The van der Waals surface area contributed by atoms with Crippen molar-refractivity contribution in [1.29, 1.82) is 0 Å². The number of hydrogen-bond donors (Lipinski definition) is 0. The van der Waals surface area contributed by atoms with Crippen molar-refractivity contribution >= 4 is 17.9 Å². The minimum absolute atomic E-state index is 0.125. The second-order valence-electron chi connectivity index (χ2n) is 14.0. The standard InChI is InChI=1S/C49H78O6/c1-4-7-10-13-16-19-21-23-24-26-27-30-33-36-39-42-48(51)54-45-46(44-53-47(50)41-38-35-32-29-18-15-12-9-6-3)55-49(52)43-40-37-34-31-28-25-22-20-17-14-11-8-5-2/h7,9-10,12-13,16,18-19,21,23-24,26-27,29,35,38,46H,4-6,8,11,14-15,17,20,22,25,28,30-34,36-37,39-45H2,1-3H3/b10-7-,12-9-,16-13-,21-19-,24-23-,27-26-,29-18-,38-35-. The van der Waals surface area contributed by atoms with Crippen molar-refractivity contribution in [2.75, 3.05) is 13.2 Å². The molecule has 0 aromatic rings. The second-order valence-corrected chi connectivity index (χ2v) is 14.0. The maximum atomic E-state index is 12.7. The molecule has 0 rings (SSSR count). The molecule has 1 unspecified atom stereocenters. The summed E-state index contributed by atoms with van der Waals surface area (Å²) in [5.74, 6) is -1.10. The Kier molecular flexibility index (Phi) is 40.2. The van der Waals surface area contributed by atoms with Crippen molar-refractivity contribution in [3.63, 3.8) is 0 Å².